The van der Waals surface area contributed by atoms with Crippen molar-refractivity contribution in [3.8, 4) is 11.7 Å². The topological polar surface area (TPSA) is 121 Å². The summed E-state index contributed by atoms with van der Waals surface area (Å²) in [4.78, 5) is 12.0. The third-order valence-corrected chi connectivity index (χ3v) is 3.38. The molecular formula is C11H13N9O2. The molecule has 3 aromatic rings. The number of aromatic amines is 1. The van der Waals surface area contributed by atoms with Crippen molar-refractivity contribution in [1.82, 2.24) is 45.0 Å². The number of aromatic nitrogens is 9. The summed E-state index contributed by atoms with van der Waals surface area (Å²) < 4.78 is 16.9. The summed E-state index contributed by atoms with van der Waals surface area (Å²) in [6.07, 6.45) is 3.47. The van der Waals surface area contributed by atoms with Crippen LogP contribution >= 0.6 is 0 Å². The Morgan fingerprint density at radius 3 is 2.95 bits per heavy atom. The third kappa shape index (κ3) is 2.06. The zero-order chi connectivity index (χ0) is 16.0. The standard InChI is InChI=1S/C11H13N9O2/c1-18-11(21)20(17-16-18)10-8(6-22-9-4-5-12-13-9)19(15-14-10)7-2-3-7/h4-5,7H,2-3,6H2,1H3,(H,12,13)/i/hT. The monoisotopic (exact) mass is 305 g/mol. The molecule has 1 fully saturated rings. The van der Waals surface area contributed by atoms with Crippen LogP contribution in [-0.4, -0.2) is 45.0 Å². The molecule has 11 heteroatoms. The molecule has 3 aromatic heterocycles. The Labute approximate surface area is 124 Å². The zero-order valence-electron chi connectivity index (χ0n) is 12.7. The minimum atomic E-state index is -0.412. The maximum atomic E-state index is 12.0. The van der Waals surface area contributed by atoms with Gasteiger partial charge in [-0.05, 0) is 23.3 Å². The molecule has 0 aliphatic heterocycles. The minimum Gasteiger partial charge on any atom is -0.470 e. The Balaban J connectivity index is 1.69. The number of hydrogen-bond acceptors (Lipinski definition) is 7. The van der Waals surface area contributed by atoms with Gasteiger partial charge in [-0.25, -0.2) is 9.48 Å². The number of ether oxygens (including phenoxy) is 1. The summed E-state index contributed by atoms with van der Waals surface area (Å²) in [5.74, 6) is 0.598. The fourth-order valence-electron chi connectivity index (χ4n) is 2.10. The van der Waals surface area contributed by atoms with Gasteiger partial charge in [0.15, 0.2) is 1.41 Å². The maximum absolute atomic E-state index is 12.0. The predicted molar refractivity (Wildman–Crippen MR) is 71.4 cm³/mol. The highest BCUT2D eigenvalue weighted by atomic mass is 16.5. The number of hydrogen-bond donors (Lipinski definition) is 1. The molecule has 11 nitrogen and oxygen atoms in total. The van der Waals surface area contributed by atoms with Crippen LogP contribution in [0.5, 0.6) is 5.88 Å². The maximum Gasteiger partial charge on any atom is 0.369 e. The molecule has 0 unspecified atom stereocenters. The van der Waals surface area contributed by atoms with E-state index in [1.165, 1.54) is 13.2 Å². The lowest BCUT2D eigenvalue weighted by Gasteiger charge is -2.06. The van der Waals surface area contributed by atoms with Crippen molar-refractivity contribution < 1.29 is 6.15 Å². The van der Waals surface area contributed by atoms with Crippen molar-refractivity contribution in [3.05, 3.63) is 28.4 Å². The van der Waals surface area contributed by atoms with Gasteiger partial charge in [0.1, 0.15) is 12.3 Å². The van der Waals surface area contributed by atoms with Gasteiger partial charge in [-0.15, -0.1) is 14.9 Å². The molecule has 3 heterocycles. The molecule has 22 heavy (non-hydrogen) atoms. The van der Waals surface area contributed by atoms with Crippen molar-refractivity contribution in [2.75, 3.05) is 0 Å². The summed E-state index contributed by atoms with van der Waals surface area (Å²) in [6, 6.07) is 1.84. The molecule has 1 saturated carbocycles. The van der Waals surface area contributed by atoms with Crippen molar-refractivity contribution >= 4 is 0 Å². The SMILES string of the molecule is [3H]n1ccc(OCc2c(-n3nnn(C)c3=O)nnn2C2CC2)n1. The first-order valence-electron chi connectivity index (χ1n) is 7.19. The molecule has 0 aromatic carbocycles. The third-order valence-electron chi connectivity index (χ3n) is 3.38. The minimum absolute atomic E-state index is 0.110. The van der Waals surface area contributed by atoms with Crippen LogP contribution in [0.25, 0.3) is 5.82 Å². The van der Waals surface area contributed by atoms with Gasteiger partial charge in [-0.1, -0.05) is 5.21 Å². The number of rotatable bonds is 5. The Kier molecular flexibility index (Phi) is 2.54. The fraction of sp³-hybridized carbons (Fsp3) is 0.455. The number of tetrazole rings is 1. The van der Waals surface area contributed by atoms with Crippen LogP contribution in [-0.2, 0) is 13.7 Å². The molecule has 114 valence electrons. The smallest absolute Gasteiger partial charge is 0.369 e. The average Bonchev–Trinajstić information content (AvgIpc) is 3.03. The van der Waals surface area contributed by atoms with E-state index in [2.05, 4.69) is 25.8 Å². The van der Waals surface area contributed by atoms with E-state index in [0.29, 0.717) is 17.4 Å². The van der Waals surface area contributed by atoms with E-state index in [0.717, 1.165) is 27.3 Å². The van der Waals surface area contributed by atoms with Gasteiger partial charge in [0.2, 0.25) is 11.7 Å². The number of H-pyrrole nitrogens is 1. The van der Waals surface area contributed by atoms with Crippen molar-refractivity contribution in [2.45, 2.75) is 25.5 Å². The van der Waals surface area contributed by atoms with E-state index in [9.17, 15) is 4.79 Å². The first-order chi connectivity index (χ1) is 11.1. The van der Waals surface area contributed by atoms with Crippen LogP contribution in [0.3, 0.4) is 0 Å². The van der Waals surface area contributed by atoms with Gasteiger partial charge in [0, 0.05) is 19.3 Å². The quantitative estimate of drug-likeness (QED) is 0.654. The van der Waals surface area contributed by atoms with Crippen molar-refractivity contribution in [1.29, 1.82) is 0 Å². The zero-order valence-corrected chi connectivity index (χ0v) is 11.7. The highest BCUT2D eigenvalue weighted by Gasteiger charge is 2.30. The molecule has 0 spiro atoms. The van der Waals surface area contributed by atoms with Crippen LogP contribution in [0, 0.1) is 0 Å². The first-order valence-corrected chi connectivity index (χ1v) is 6.74. The van der Waals surface area contributed by atoms with Crippen LogP contribution < -0.4 is 10.4 Å². The van der Waals surface area contributed by atoms with Gasteiger partial charge < -0.3 is 4.74 Å². The van der Waals surface area contributed by atoms with Gasteiger partial charge in [-0.2, -0.15) is 4.68 Å². The Hall–Kier alpha value is -2.98. The molecule has 0 atom stereocenters. The lowest BCUT2D eigenvalue weighted by atomic mass is 10.4. The van der Waals surface area contributed by atoms with Crippen molar-refractivity contribution in [3.63, 3.8) is 0 Å². The Bertz CT molecular complexity index is 903. The lowest BCUT2D eigenvalue weighted by Crippen LogP contribution is -2.23. The Morgan fingerprint density at radius 2 is 2.32 bits per heavy atom. The van der Waals surface area contributed by atoms with Crippen LogP contribution in [0.4, 0.5) is 0 Å². The highest BCUT2D eigenvalue weighted by molar-refractivity contribution is 5.26. The summed E-state index contributed by atoms with van der Waals surface area (Å²) in [7, 11) is 1.51. The molecule has 1 N–H and O–H groups in total. The van der Waals surface area contributed by atoms with Gasteiger partial charge in [-0.3, -0.25) is 5.09 Å². The molecule has 4 rings (SSSR count). The molecule has 0 amide bonds. The first kappa shape index (κ1) is 11.7. The van der Waals surface area contributed by atoms with E-state index in [1.54, 1.807) is 10.7 Å². The summed E-state index contributed by atoms with van der Waals surface area (Å²) in [5, 5.41) is 20.4. The Morgan fingerprint density at radius 1 is 1.45 bits per heavy atom. The van der Waals surface area contributed by atoms with Gasteiger partial charge >= 0.3 is 5.69 Å². The summed E-state index contributed by atoms with van der Waals surface area (Å²) >= 11 is 0. The van der Waals surface area contributed by atoms with Crippen LogP contribution in [0.1, 0.15) is 24.6 Å². The summed E-state index contributed by atoms with van der Waals surface area (Å²) in [6.45, 7) is 0.110. The fourth-order valence-corrected chi connectivity index (χ4v) is 2.10. The highest BCUT2D eigenvalue weighted by Crippen LogP contribution is 2.35. The van der Waals surface area contributed by atoms with Crippen LogP contribution in [0.15, 0.2) is 17.1 Å². The number of aryl methyl sites for hydroxylation is 1. The van der Waals surface area contributed by atoms with Crippen molar-refractivity contribution in [2.24, 2.45) is 7.05 Å². The van der Waals surface area contributed by atoms with E-state index in [-0.39, 0.29) is 12.6 Å². The molecule has 0 radical (unpaired) electrons. The molecule has 1 aliphatic carbocycles. The second kappa shape index (κ2) is 4.79. The number of nitrogens with zero attached hydrogens (tertiary/aromatic N) is 8. The van der Waals surface area contributed by atoms with Gasteiger partial charge in [0.05, 0.1) is 6.04 Å². The number of nitrogens with one attached hydrogen (secondary N) is 1. The van der Waals surface area contributed by atoms with E-state index in [1.807, 2.05) is 0 Å². The van der Waals surface area contributed by atoms with Gasteiger partial charge in [0.25, 0.3) is 0 Å². The largest absolute Gasteiger partial charge is 0.470 e. The average molecular weight is 305 g/mol. The molecule has 0 bridgehead atoms. The second-order valence-electron chi connectivity index (χ2n) is 4.99. The van der Waals surface area contributed by atoms with E-state index >= 15 is 0 Å². The predicted octanol–water partition coefficient (Wildman–Crippen LogP) is -0.805. The molecule has 0 saturated heterocycles. The van der Waals surface area contributed by atoms with E-state index < -0.39 is 5.69 Å². The van der Waals surface area contributed by atoms with E-state index in [4.69, 9.17) is 6.15 Å². The van der Waals surface area contributed by atoms with Crippen LogP contribution in [0.2, 0.25) is 1.41 Å². The molecule has 1 aliphatic rings. The lowest BCUT2D eigenvalue weighted by molar-refractivity contribution is 0.279. The second-order valence-corrected chi connectivity index (χ2v) is 4.99. The summed E-state index contributed by atoms with van der Waals surface area (Å²) in [5.41, 5.74) is 0.208. The molecular weight excluding hydrogens is 290 g/mol. The normalized spacial score (nSPS) is 15.0.